The Balaban J connectivity index is 1.98. The number of aliphatic imine (C=N–C) groups is 2. The first-order valence-electron chi connectivity index (χ1n) is 5.16. The van der Waals surface area contributed by atoms with Crippen LogP contribution in [-0.4, -0.2) is 6.01 Å². The van der Waals surface area contributed by atoms with Gasteiger partial charge in [0.2, 0.25) is 0 Å². The number of benzene rings is 2. The van der Waals surface area contributed by atoms with E-state index in [0.29, 0.717) is 6.54 Å². The SMILES string of the molecule is C(=NCc1ccccc1)=Nc1ccccc1. The summed E-state index contributed by atoms with van der Waals surface area (Å²) < 4.78 is 0. The predicted molar refractivity (Wildman–Crippen MR) is 66.1 cm³/mol. The molecule has 0 saturated carbocycles. The molecule has 2 nitrogen and oxygen atoms in total. The van der Waals surface area contributed by atoms with E-state index in [-0.39, 0.29) is 0 Å². The van der Waals surface area contributed by atoms with Crippen LogP contribution in [0, 0.1) is 0 Å². The molecule has 0 atom stereocenters. The summed E-state index contributed by atoms with van der Waals surface area (Å²) in [7, 11) is 0. The highest BCUT2D eigenvalue weighted by Gasteiger charge is 1.85. The van der Waals surface area contributed by atoms with E-state index < -0.39 is 0 Å². The van der Waals surface area contributed by atoms with Crippen LogP contribution >= 0.6 is 0 Å². The van der Waals surface area contributed by atoms with E-state index in [2.05, 4.69) is 16.0 Å². The Kier molecular flexibility index (Phi) is 3.65. The molecule has 78 valence electrons. The second kappa shape index (κ2) is 5.64. The minimum absolute atomic E-state index is 0.622. The smallest absolute Gasteiger partial charge is 0.0952 e. The van der Waals surface area contributed by atoms with E-state index in [9.17, 15) is 0 Å². The lowest BCUT2D eigenvalue weighted by Gasteiger charge is -1.91. The summed E-state index contributed by atoms with van der Waals surface area (Å²) in [6.45, 7) is 0.622. The third-order valence-corrected chi connectivity index (χ3v) is 2.11. The summed E-state index contributed by atoms with van der Waals surface area (Å²) >= 11 is 0. The summed E-state index contributed by atoms with van der Waals surface area (Å²) in [6.07, 6.45) is 0. The lowest BCUT2D eigenvalue weighted by Crippen LogP contribution is -1.77. The molecule has 2 heteroatoms. The van der Waals surface area contributed by atoms with Crippen LogP contribution in [0.1, 0.15) is 5.56 Å². The Morgan fingerprint density at radius 3 is 2.12 bits per heavy atom. The maximum Gasteiger partial charge on any atom is 0.0952 e. The fraction of sp³-hybridized carbons (Fsp3) is 0.0714. The molecule has 0 heterocycles. The normalized spacial score (nSPS) is 9.25. The molecule has 0 unspecified atom stereocenters. The van der Waals surface area contributed by atoms with Gasteiger partial charge in [0.15, 0.2) is 0 Å². The molecule has 0 aliphatic rings. The number of nitrogens with zero attached hydrogens (tertiary/aromatic N) is 2. The van der Waals surface area contributed by atoms with Gasteiger partial charge in [-0.15, -0.1) is 0 Å². The maximum atomic E-state index is 4.12. The molecule has 2 aromatic rings. The highest BCUT2D eigenvalue weighted by Crippen LogP contribution is 2.07. The molecule has 0 aromatic heterocycles. The van der Waals surface area contributed by atoms with E-state index >= 15 is 0 Å². The molecule has 16 heavy (non-hydrogen) atoms. The highest BCUT2D eigenvalue weighted by molar-refractivity contribution is 5.52. The molecular weight excluding hydrogens is 196 g/mol. The third-order valence-electron chi connectivity index (χ3n) is 2.11. The van der Waals surface area contributed by atoms with E-state index in [1.54, 1.807) is 0 Å². The van der Waals surface area contributed by atoms with Crippen LogP contribution in [0.3, 0.4) is 0 Å². The Hall–Kier alpha value is -2.18. The van der Waals surface area contributed by atoms with Gasteiger partial charge < -0.3 is 0 Å². The molecule has 0 bridgehead atoms. The zero-order chi connectivity index (χ0) is 11.1. The number of hydrogen-bond acceptors (Lipinski definition) is 2. The first-order valence-corrected chi connectivity index (χ1v) is 5.16. The molecule has 0 amide bonds. The third kappa shape index (κ3) is 3.19. The van der Waals surface area contributed by atoms with Crippen molar-refractivity contribution in [2.45, 2.75) is 6.54 Å². The van der Waals surface area contributed by atoms with Gasteiger partial charge in [0.1, 0.15) is 0 Å². The van der Waals surface area contributed by atoms with Crippen LogP contribution < -0.4 is 0 Å². The van der Waals surface area contributed by atoms with Gasteiger partial charge in [0.25, 0.3) is 0 Å². The molecule has 2 aromatic carbocycles. The van der Waals surface area contributed by atoms with Gasteiger partial charge in [-0.1, -0.05) is 48.5 Å². The number of hydrogen-bond donors (Lipinski definition) is 0. The molecular formula is C14H12N2. The Bertz CT molecular complexity index is 483. The average molecular weight is 208 g/mol. The van der Waals surface area contributed by atoms with Crippen molar-refractivity contribution in [3.63, 3.8) is 0 Å². The summed E-state index contributed by atoms with van der Waals surface area (Å²) in [5, 5.41) is 0. The largest absolute Gasteiger partial charge is 0.221 e. The van der Waals surface area contributed by atoms with Crippen molar-refractivity contribution in [3.8, 4) is 0 Å². The summed E-state index contributed by atoms with van der Waals surface area (Å²) in [5.74, 6) is 0. The number of rotatable bonds is 3. The monoisotopic (exact) mass is 208 g/mol. The van der Waals surface area contributed by atoms with Gasteiger partial charge in [-0.05, 0) is 17.7 Å². The molecule has 0 fully saturated rings. The fourth-order valence-electron chi connectivity index (χ4n) is 1.31. The lowest BCUT2D eigenvalue weighted by atomic mass is 10.2. The molecule has 0 radical (unpaired) electrons. The first-order chi connectivity index (χ1) is 7.95. The zero-order valence-electron chi connectivity index (χ0n) is 8.88. The van der Waals surface area contributed by atoms with Crippen LogP contribution in [0.15, 0.2) is 70.6 Å². The van der Waals surface area contributed by atoms with Gasteiger partial charge in [-0.25, -0.2) is 4.99 Å². The Morgan fingerprint density at radius 1 is 0.812 bits per heavy atom. The number of para-hydroxylation sites is 1. The van der Waals surface area contributed by atoms with E-state index in [4.69, 9.17) is 0 Å². The van der Waals surface area contributed by atoms with Crippen LogP contribution in [0.5, 0.6) is 0 Å². The molecule has 0 N–H and O–H groups in total. The van der Waals surface area contributed by atoms with Crippen molar-refractivity contribution < 1.29 is 0 Å². The van der Waals surface area contributed by atoms with Crippen molar-refractivity contribution in [2.24, 2.45) is 9.98 Å². The minimum atomic E-state index is 0.622. The second-order valence-corrected chi connectivity index (χ2v) is 3.35. The minimum Gasteiger partial charge on any atom is -0.221 e. The second-order valence-electron chi connectivity index (χ2n) is 3.35. The summed E-state index contributed by atoms with van der Waals surface area (Å²) in [5.41, 5.74) is 2.04. The highest BCUT2D eigenvalue weighted by atomic mass is 14.8. The van der Waals surface area contributed by atoms with Crippen molar-refractivity contribution in [1.82, 2.24) is 0 Å². The van der Waals surface area contributed by atoms with Crippen LogP contribution in [0.25, 0.3) is 0 Å². The summed E-state index contributed by atoms with van der Waals surface area (Å²) in [4.78, 5) is 8.22. The van der Waals surface area contributed by atoms with Crippen molar-refractivity contribution in [3.05, 3.63) is 66.2 Å². The lowest BCUT2D eigenvalue weighted by molar-refractivity contribution is 1.08. The molecule has 0 aliphatic heterocycles. The van der Waals surface area contributed by atoms with Crippen molar-refractivity contribution >= 4 is 11.7 Å². The Labute approximate surface area is 95.0 Å². The zero-order valence-corrected chi connectivity index (χ0v) is 8.88. The predicted octanol–water partition coefficient (Wildman–Crippen LogP) is 3.69. The van der Waals surface area contributed by atoms with Gasteiger partial charge in [-0.3, -0.25) is 0 Å². The summed E-state index contributed by atoms with van der Waals surface area (Å²) in [6, 6.07) is 22.4. The standard InChI is InChI=1S/C14H12N2/c1-3-7-13(8-4-1)11-15-12-16-14-9-5-2-6-10-14/h1-10H,11H2. The van der Waals surface area contributed by atoms with E-state index in [0.717, 1.165) is 5.69 Å². The van der Waals surface area contributed by atoms with E-state index in [1.807, 2.05) is 60.7 Å². The average Bonchev–Trinajstić information content (AvgIpc) is 2.37. The van der Waals surface area contributed by atoms with Crippen molar-refractivity contribution in [2.75, 3.05) is 0 Å². The van der Waals surface area contributed by atoms with Crippen LogP contribution in [0.4, 0.5) is 5.69 Å². The molecule has 0 saturated heterocycles. The van der Waals surface area contributed by atoms with Gasteiger partial charge in [-0.2, -0.15) is 4.99 Å². The van der Waals surface area contributed by atoms with Gasteiger partial charge in [0.05, 0.1) is 18.2 Å². The topological polar surface area (TPSA) is 24.7 Å². The first kappa shape index (κ1) is 10.3. The van der Waals surface area contributed by atoms with Crippen LogP contribution in [-0.2, 0) is 6.54 Å². The van der Waals surface area contributed by atoms with E-state index in [1.165, 1.54) is 5.56 Å². The Morgan fingerprint density at radius 2 is 1.44 bits per heavy atom. The van der Waals surface area contributed by atoms with Gasteiger partial charge >= 0.3 is 0 Å². The quantitative estimate of drug-likeness (QED) is 0.687. The molecule has 0 aliphatic carbocycles. The fourth-order valence-corrected chi connectivity index (χ4v) is 1.31. The molecule has 0 spiro atoms. The molecule has 2 rings (SSSR count). The maximum absolute atomic E-state index is 4.12. The van der Waals surface area contributed by atoms with Crippen LogP contribution in [0.2, 0.25) is 0 Å². The van der Waals surface area contributed by atoms with Gasteiger partial charge in [0, 0.05) is 0 Å². The van der Waals surface area contributed by atoms with Crippen molar-refractivity contribution in [1.29, 1.82) is 0 Å².